The lowest BCUT2D eigenvalue weighted by atomic mass is 10.1. The molecule has 2 aromatic rings. The minimum atomic E-state index is -0.290. The van der Waals surface area contributed by atoms with Gasteiger partial charge in [0.05, 0.1) is 17.1 Å². The van der Waals surface area contributed by atoms with Crippen molar-refractivity contribution < 1.29 is 5.11 Å². The average molecular weight is 275 g/mol. The third kappa shape index (κ3) is 3.38. The fourth-order valence-electron chi connectivity index (χ4n) is 2.45. The number of aliphatic hydroxyl groups is 1. The number of nitrogens with zero attached hydrogens (tertiary/aromatic N) is 2. The highest BCUT2D eigenvalue weighted by molar-refractivity contribution is 5.77. The Bertz CT molecular complexity index is 572. The summed E-state index contributed by atoms with van der Waals surface area (Å²) in [4.78, 5) is 4.74. The molecule has 0 aliphatic carbocycles. The van der Waals surface area contributed by atoms with Gasteiger partial charge >= 0.3 is 0 Å². The highest BCUT2D eigenvalue weighted by atomic mass is 16.3. The van der Waals surface area contributed by atoms with E-state index in [-0.39, 0.29) is 6.10 Å². The standard InChI is InChI=1S/C16H25N3O/c1-11(2)10-19-15-6-5-13(9-17)8-14(15)18-16(19)7-4-12(3)20/h5-6,8,11-12,20H,4,7,9-10,17H2,1-3H3. The zero-order valence-corrected chi connectivity index (χ0v) is 12.6. The summed E-state index contributed by atoms with van der Waals surface area (Å²) in [5, 5.41) is 9.49. The molecule has 3 N–H and O–H groups in total. The number of imidazole rings is 1. The monoisotopic (exact) mass is 275 g/mol. The van der Waals surface area contributed by atoms with Gasteiger partial charge < -0.3 is 15.4 Å². The lowest BCUT2D eigenvalue weighted by molar-refractivity contribution is 0.183. The van der Waals surface area contributed by atoms with Crippen LogP contribution in [0, 0.1) is 5.92 Å². The molecule has 2 rings (SSSR count). The van der Waals surface area contributed by atoms with Gasteiger partial charge in [0, 0.05) is 19.5 Å². The van der Waals surface area contributed by atoms with E-state index in [2.05, 4.69) is 36.6 Å². The second kappa shape index (κ2) is 6.37. The van der Waals surface area contributed by atoms with Crippen molar-refractivity contribution in [2.75, 3.05) is 0 Å². The molecule has 1 unspecified atom stereocenters. The van der Waals surface area contributed by atoms with E-state index in [1.54, 1.807) is 0 Å². The van der Waals surface area contributed by atoms with Crippen LogP contribution in [-0.4, -0.2) is 20.8 Å². The average Bonchev–Trinajstić information content (AvgIpc) is 2.73. The van der Waals surface area contributed by atoms with E-state index in [9.17, 15) is 5.11 Å². The van der Waals surface area contributed by atoms with Crippen LogP contribution in [-0.2, 0) is 19.5 Å². The minimum absolute atomic E-state index is 0.290. The van der Waals surface area contributed by atoms with Gasteiger partial charge in [-0.1, -0.05) is 19.9 Å². The second-order valence-corrected chi connectivity index (χ2v) is 5.95. The summed E-state index contributed by atoms with van der Waals surface area (Å²) in [7, 11) is 0. The lowest BCUT2D eigenvalue weighted by Gasteiger charge is -2.12. The Balaban J connectivity index is 2.42. The van der Waals surface area contributed by atoms with Crippen LogP contribution in [0.15, 0.2) is 18.2 Å². The van der Waals surface area contributed by atoms with Gasteiger partial charge in [0.2, 0.25) is 0 Å². The van der Waals surface area contributed by atoms with Gasteiger partial charge in [-0.15, -0.1) is 0 Å². The van der Waals surface area contributed by atoms with Crippen molar-refractivity contribution in [3.05, 3.63) is 29.6 Å². The molecule has 4 heteroatoms. The van der Waals surface area contributed by atoms with Gasteiger partial charge in [-0.3, -0.25) is 0 Å². The van der Waals surface area contributed by atoms with Crippen molar-refractivity contribution in [3.8, 4) is 0 Å². The van der Waals surface area contributed by atoms with Crippen LogP contribution in [0.1, 0.15) is 38.6 Å². The molecule has 0 bridgehead atoms. The van der Waals surface area contributed by atoms with Crippen molar-refractivity contribution in [1.29, 1.82) is 0 Å². The molecule has 0 spiro atoms. The summed E-state index contributed by atoms with van der Waals surface area (Å²) in [6.45, 7) is 7.72. The molecule has 1 atom stereocenters. The Hall–Kier alpha value is -1.39. The summed E-state index contributed by atoms with van der Waals surface area (Å²) in [6, 6.07) is 6.25. The number of aromatic nitrogens is 2. The first-order chi connectivity index (χ1) is 9.51. The summed E-state index contributed by atoms with van der Waals surface area (Å²) in [6.07, 6.45) is 1.25. The van der Waals surface area contributed by atoms with Gasteiger partial charge in [0.25, 0.3) is 0 Å². The van der Waals surface area contributed by atoms with Crippen LogP contribution < -0.4 is 5.73 Å². The maximum atomic E-state index is 9.49. The Kier molecular flexibility index (Phi) is 4.78. The number of hydrogen-bond donors (Lipinski definition) is 2. The molecule has 1 heterocycles. The molecule has 110 valence electrons. The second-order valence-electron chi connectivity index (χ2n) is 5.95. The first-order valence-corrected chi connectivity index (χ1v) is 7.37. The predicted octanol–water partition coefficient (Wildman–Crippen LogP) is 2.46. The van der Waals surface area contributed by atoms with Crippen molar-refractivity contribution in [1.82, 2.24) is 9.55 Å². The maximum Gasteiger partial charge on any atom is 0.109 e. The molecular formula is C16H25N3O. The number of hydrogen-bond acceptors (Lipinski definition) is 3. The minimum Gasteiger partial charge on any atom is -0.393 e. The third-order valence-corrected chi connectivity index (χ3v) is 3.46. The third-order valence-electron chi connectivity index (χ3n) is 3.46. The highest BCUT2D eigenvalue weighted by Crippen LogP contribution is 2.21. The van der Waals surface area contributed by atoms with Crippen molar-refractivity contribution in [2.45, 2.75) is 52.8 Å². The number of aryl methyl sites for hydroxylation is 1. The Morgan fingerprint density at radius 2 is 2.05 bits per heavy atom. The van der Waals surface area contributed by atoms with Gasteiger partial charge in [0.1, 0.15) is 5.82 Å². The van der Waals surface area contributed by atoms with Crippen molar-refractivity contribution >= 4 is 11.0 Å². The largest absolute Gasteiger partial charge is 0.393 e. The molecule has 0 amide bonds. The van der Waals surface area contributed by atoms with E-state index in [0.717, 1.165) is 41.8 Å². The zero-order chi connectivity index (χ0) is 14.7. The van der Waals surface area contributed by atoms with Gasteiger partial charge in [-0.2, -0.15) is 0 Å². The van der Waals surface area contributed by atoms with E-state index >= 15 is 0 Å². The maximum absolute atomic E-state index is 9.49. The molecule has 0 fully saturated rings. The number of rotatable bonds is 6. The first-order valence-electron chi connectivity index (χ1n) is 7.37. The van der Waals surface area contributed by atoms with Crippen LogP contribution >= 0.6 is 0 Å². The normalized spacial score (nSPS) is 13.3. The molecule has 0 saturated carbocycles. The number of fused-ring (bicyclic) bond motifs is 1. The number of benzene rings is 1. The van der Waals surface area contributed by atoms with Crippen LogP contribution in [0.2, 0.25) is 0 Å². The van der Waals surface area contributed by atoms with Gasteiger partial charge in [-0.25, -0.2) is 4.98 Å². The smallest absolute Gasteiger partial charge is 0.109 e. The van der Waals surface area contributed by atoms with Gasteiger partial charge in [0.15, 0.2) is 0 Å². The molecule has 1 aromatic heterocycles. The number of aliphatic hydroxyl groups excluding tert-OH is 1. The van der Waals surface area contributed by atoms with E-state index < -0.39 is 0 Å². The van der Waals surface area contributed by atoms with E-state index in [1.807, 2.05) is 6.92 Å². The van der Waals surface area contributed by atoms with E-state index in [1.165, 1.54) is 0 Å². The van der Waals surface area contributed by atoms with Crippen molar-refractivity contribution in [3.63, 3.8) is 0 Å². The van der Waals surface area contributed by atoms with Crippen LogP contribution in [0.25, 0.3) is 11.0 Å². The molecule has 4 nitrogen and oxygen atoms in total. The fraction of sp³-hybridized carbons (Fsp3) is 0.562. The van der Waals surface area contributed by atoms with Crippen LogP contribution in [0.3, 0.4) is 0 Å². The Morgan fingerprint density at radius 1 is 1.30 bits per heavy atom. The fourth-order valence-corrected chi connectivity index (χ4v) is 2.45. The van der Waals surface area contributed by atoms with Gasteiger partial charge in [-0.05, 0) is 37.0 Å². The molecular weight excluding hydrogens is 250 g/mol. The molecule has 0 radical (unpaired) electrons. The topological polar surface area (TPSA) is 64.1 Å². The Labute approximate surface area is 120 Å². The highest BCUT2D eigenvalue weighted by Gasteiger charge is 2.13. The Morgan fingerprint density at radius 3 is 2.65 bits per heavy atom. The number of nitrogens with two attached hydrogens (primary N) is 1. The molecule has 1 aromatic carbocycles. The molecule has 0 aliphatic heterocycles. The summed E-state index contributed by atoms with van der Waals surface area (Å²) in [5.41, 5.74) is 8.97. The quantitative estimate of drug-likeness (QED) is 0.851. The summed E-state index contributed by atoms with van der Waals surface area (Å²) in [5.74, 6) is 1.62. The zero-order valence-electron chi connectivity index (χ0n) is 12.6. The van der Waals surface area contributed by atoms with Crippen LogP contribution in [0.4, 0.5) is 0 Å². The molecule has 0 aliphatic rings. The summed E-state index contributed by atoms with van der Waals surface area (Å²) >= 11 is 0. The predicted molar refractivity (Wildman–Crippen MR) is 82.5 cm³/mol. The molecule has 20 heavy (non-hydrogen) atoms. The van der Waals surface area contributed by atoms with Crippen LogP contribution in [0.5, 0.6) is 0 Å². The van der Waals surface area contributed by atoms with Crippen molar-refractivity contribution in [2.24, 2.45) is 11.7 Å². The SMILES string of the molecule is CC(C)Cn1c(CCC(C)O)nc2cc(CN)ccc21. The van der Waals surface area contributed by atoms with E-state index in [4.69, 9.17) is 10.7 Å². The molecule has 0 saturated heterocycles. The summed E-state index contributed by atoms with van der Waals surface area (Å²) < 4.78 is 2.28. The lowest BCUT2D eigenvalue weighted by Crippen LogP contribution is -2.11. The first kappa shape index (κ1) is 15.0. The van der Waals surface area contributed by atoms with E-state index in [0.29, 0.717) is 12.5 Å².